The van der Waals surface area contributed by atoms with Gasteiger partial charge in [-0.2, -0.15) is 0 Å². The van der Waals surface area contributed by atoms with Gasteiger partial charge in [0.1, 0.15) is 0 Å². The van der Waals surface area contributed by atoms with Gasteiger partial charge in [-0.05, 0) is 52.3 Å². The lowest BCUT2D eigenvalue weighted by atomic mass is 10.1. The van der Waals surface area contributed by atoms with Gasteiger partial charge in [0.05, 0.1) is 16.8 Å². The number of carbonyl (C=O) groups excluding carboxylic acids is 2. The second kappa shape index (κ2) is 4.76. The Labute approximate surface area is 124 Å². The van der Waals surface area contributed by atoms with Crippen LogP contribution >= 0.6 is 15.9 Å². The largest absolute Gasteiger partial charge is 0.388 e. The first-order chi connectivity index (χ1) is 9.63. The first-order valence-corrected chi connectivity index (χ1v) is 6.88. The maximum atomic E-state index is 12.4. The van der Waals surface area contributed by atoms with Crippen molar-refractivity contribution in [3.05, 3.63) is 58.1 Å². The third-order valence-corrected chi connectivity index (χ3v) is 3.94. The highest BCUT2D eigenvalue weighted by atomic mass is 79.9. The van der Waals surface area contributed by atoms with Crippen molar-refractivity contribution in [3.8, 4) is 0 Å². The molecule has 0 bridgehead atoms. The van der Waals surface area contributed by atoms with Crippen LogP contribution in [0.2, 0.25) is 0 Å². The molecule has 20 heavy (non-hydrogen) atoms. The number of fused-ring (bicyclic) bond motifs is 1. The summed E-state index contributed by atoms with van der Waals surface area (Å²) < 4.78 is 0.641. The van der Waals surface area contributed by atoms with E-state index in [-0.39, 0.29) is 11.8 Å². The van der Waals surface area contributed by atoms with Gasteiger partial charge in [-0.25, -0.2) is 4.90 Å². The molecule has 5 heteroatoms. The molecule has 0 saturated heterocycles. The summed E-state index contributed by atoms with van der Waals surface area (Å²) in [6, 6.07) is 12.3. The second-order valence-electron chi connectivity index (χ2n) is 4.40. The fourth-order valence-electron chi connectivity index (χ4n) is 2.26. The number of anilines is 2. The lowest BCUT2D eigenvalue weighted by molar-refractivity contribution is 0.0926. The molecule has 2 aromatic carbocycles. The summed E-state index contributed by atoms with van der Waals surface area (Å²) in [6.45, 7) is 0. The Balaban J connectivity index is 2.07. The number of benzene rings is 2. The highest BCUT2D eigenvalue weighted by molar-refractivity contribution is 9.10. The van der Waals surface area contributed by atoms with Crippen molar-refractivity contribution in [3.63, 3.8) is 0 Å². The Morgan fingerprint density at radius 3 is 2.30 bits per heavy atom. The Morgan fingerprint density at radius 1 is 1.00 bits per heavy atom. The monoisotopic (exact) mass is 330 g/mol. The highest BCUT2D eigenvalue weighted by Gasteiger charge is 2.37. The maximum Gasteiger partial charge on any atom is 0.267 e. The number of nitrogens with one attached hydrogen (secondary N) is 1. The van der Waals surface area contributed by atoms with Crippen molar-refractivity contribution in [1.82, 2.24) is 0 Å². The summed E-state index contributed by atoms with van der Waals surface area (Å²) in [7, 11) is 1.81. The molecule has 0 saturated carbocycles. The van der Waals surface area contributed by atoms with Crippen LogP contribution in [0.5, 0.6) is 0 Å². The van der Waals surface area contributed by atoms with Crippen molar-refractivity contribution < 1.29 is 9.59 Å². The van der Waals surface area contributed by atoms with E-state index in [1.807, 2.05) is 19.2 Å². The third-order valence-electron chi connectivity index (χ3n) is 3.28. The fourth-order valence-corrected chi connectivity index (χ4v) is 2.79. The minimum atomic E-state index is -0.297. The number of amides is 2. The summed E-state index contributed by atoms with van der Waals surface area (Å²) in [5.74, 6) is -0.585. The smallest absolute Gasteiger partial charge is 0.267 e. The molecular formula is C15H11BrN2O2. The van der Waals surface area contributed by atoms with Gasteiger partial charge >= 0.3 is 0 Å². The van der Waals surface area contributed by atoms with Crippen LogP contribution < -0.4 is 10.2 Å². The first kappa shape index (κ1) is 12.9. The molecule has 100 valence electrons. The van der Waals surface area contributed by atoms with Crippen molar-refractivity contribution in [1.29, 1.82) is 0 Å². The van der Waals surface area contributed by atoms with Gasteiger partial charge in [-0.15, -0.1) is 0 Å². The molecule has 1 aliphatic heterocycles. The number of halogens is 1. The number of nitrogens with zero attached hydrogens (tertiary/aromatic N) is 1. The molecular weight excluding hydrogens is 320 g/mol. The van der Waals surface area contributed by atoms with Gasteiger partial charge in [-0.3, -0.25) is 9.59 Å². The predicted molar refractivity (Wildman–Crippen MR) is 81.3 cm³/mol. The van der Waals surface area contributed by atoms with E-state index in [1.165, 1.54) is 4.90 Å². The van der Waals surface area contributed by atoms with Crippen LogP contribution in [-0.2, 0) is 0 Å². The Bertz CT molecular complexity index is 710. The van der Waals surface area contributed by atoms with Gasteiger partial charge in [0.15, 0.2) is 0 Å². The lowest BCUT2D eigenvalue weighted by Crippen LogP contribution is -2.29. The normalized spacial score (nSPS) is 13.6. The van der Waals surface area contributed by atoms with Crippen LogP contribution in [0, 0.1) is 0 Å². The molecule has 0 aliphatic carbocycles. The average Bonchev–Trinajstić information content (AvgIpc) is 2.72. The first-order valence-electron chi connectivity index (χ1n) is 6.08. The summed E-state index contributed by atoms with van der Waals surface area (Å²) in [5.41, 5.74) is 2.35. The summed E-state index contributed by atoms with van der Waals surface area (Å²) in [5, 5.41) is 3.00. The summed E-state index contributed by atoms with van der Waals surface area (Å²) in [4.78, 5) is 26.0. The molecule has 3 rings (SSSR count). The topological polar surface area (TPSA) is 49.4 Å². The number of hydrogen-bond acceptors (Lipinski definition) is 3. The SMILES string of the molecule is CNc1ccc(N2C(=O)c3cccc(Br)c3C2=O)cc1. The highest BCUT2D eigenvalue weighted by Crippen LogP contribution is 2.33. The van der Waals surface area contributed by atoms with Crippen LogP contribution in [0.1, 0.15) is 20.7 Å². The molecule has 0 aromatic heterocycles. The average molecular weight is 331 g/mol. The molecule has 0 radical (unpaired) electrons. The number of hydrogen-bond donors (Lipinski definition) is 1. The van der Waals surface area contributed by atoms with Gasteiger partial charge < -0.3 is 5.32 Å². The standard InChI is InChI=1S/C15H11BrN2O2/c1-17-9-5-7-10(8-6-9)18-14(19)11-3-2-4-12(16)13(11)15(18)20/h2-8,17H,1H3. The molecule has 0 fully saturated rings. The minimum absolute atomic E-state index is 0.288. The van der Waals surface area contributed by atoms with E-state index in [9.17, 15) is 9.59 Å². The van der Waals surface area contributed by atoms with E-state index in [0.717, 1.165) is 5.69 Å². The molecule has 1 N–H and O–H groups in total. The molecule has 4 nitrogen and oxygen atoms in total. The number of rotatable bonds is 2. The summed E-state index contributed by atoms with van der Waals surface area (Å²) in [6.07, 6.45) is 0. The molecule has 2 amide bonds. The van der Waals surface area contributed by atoms with Gasteiger partial charge in [0, 0.05) is 17.2 Å². The van der Waals surface area contributed by atoms with E-state index in [2.05, 4.69) is 21.2 Å². The van der Waals surface area contributed by atoms with Crippen molar-refractivity contribution in [2.75, 3.05) is 17.3 Å². The molecule has 1 heterocycles. The van der Waals surface area contributed by atoms with Crippen LogP contribution in [0.25, 0.3) is 0 Å². The van der Waals surface area contributed by atoms with Crippen LogP contribution in [0.3, 0.4) is 0 Å². The zero-order chi connectivity index (χ0) is 14.3. The molecule has 2 aromatic rings. The Hall–Kier alpha value is -2.14. The maximum absolute atomic E-state index is 12.4. The van der Waals surface area contributed by atoms with Crippen LogP contribution in [-0.4, -0.2) is 18.9 Å². The van der Waals surface area contributed by atoms with E-state index < -0.39 is 0 Å². The minimum Gasteiger partial charge on any atom is -0.388 e. The van der Waals surface area contributed by atoms with Crippen molar-refractivity contribution in [2.24, 2.45) is 0 Å². The van der Waals surface area contributed by atoms with E-state index >= 15 is 0 Å². The number of carbonyl (C=O) groups is 2. The van der Waals surface area contributed by atoms with Crippen molar-refractivity contribution in [2.45, 2.75) is 0 Å². The third kappa shape index (κ3) is 1.82. The van der Waals surface area contributed by atoms with Gasteiger partial charge in [0.25, 0.3) is 11.8 Å². The molecule has 0 atom stereocenters. The fraction of sp³-hybridized carbons (Fsp3) is 0.0667. The quantitative estimate of drug-likeness (QED) is 0.859. The van der Waals surface area contributed by atoms with Crippen LogP contribution in [0.15, 0.2) is 46.9 Å². The second-order valence-corrected chi connectivity index (χ2v) is 5.26. The van der Waals surface area contributed by atoms with Gasteiger partial charge in [0.2, 0.25) is 0 Å². The predicted octanol–water partition coefficient (Wildman–Crippen LogP) is 3.29. The zero-order valence-corrected chi connectivity index (χ0v) is 12.3. The lowest BCUT2D eigenvalue weighted by Gasteiger charge is -2.14. The van der Waals surface area contributed by atoms with E-state index in [0.29, 0.717) is 21.3 Å². The van der Waals surface area contributed by atoms with E-state index in [4.69, 9.17) is 0 Å². The summed E-state index contributed by atoms with van der Waals surface area (Å²) >= 11 is 3.33. The Kier molecular flexibility index (Phi) is 3.06. The van der Waals surface area contributed by atoms with E-state index in [1.54, 1.807) is 30.3 Å². The zero-order valence-electron chi connectivity index (χ0n) is 10.7. The Morgan fingerprint density at radius 2 is 1.70 bits per heavy atom. The van der Waals surface area contributed by atoms with Crippen LogP contribution in [0.4, 0.5) is 11.4 Å². The number of imide groups is 1. The van der Waals surface area contributed by atoms with Crippen molar-refractivity contribution >= 4 is 39.1 Å². The molecule has 0 spiro atoms. The molecule has 1 aliphatic rings. The molecule has 0 unspecified atom stereocenters. The van der Waals surface area contributed by atoms with Gasteiger partial charge in [-0.1, -0.05) is 6.07 Å².